The van der Waals surface area contributed by atoms with Crippen molar-refractivity contribution in [1.29, 1.82) is 0 Å². The maximum atomic E-state index is 3.50. The lowest BCUT2D eigenvalue weighted by Crippen LogP contribution is -2.50. The van der Waals surface area contributed by atoms with Crippen molar-refractivity contribution >= 4 is 32.3 Å². The largest absolute Gasteiger partial charge is 0.366 e. The molecular formula is C12H20BrN3S. The minimum Gasteiger partial charge on any atom is -0.366 e. The molecule has 5 heteroatoms. The molecule has 0 aromatic carbocycles. The fourth-order valence-electron chi connectivity index (χ4n) is 2.14. The average Bonchev–Trinajstić information content (AvgIpc) is 2.74. The van der Waals surface area contributed by atoms with Crippen LogP contribution in [-0.4, -0.2) is 51.2 Å². The van der Waals surface area contributed by atoms with Crippen LogP contribution < -0.4 is 10.2 Å². The van der Waals surface area contributed by atoms with E-state index < -0.39 is 0 Å². The van der Waals surface area contributed by atoms with E-state index in [2.05, 4.69) is 56.6 Å². The normalized spacial score (nSPS) is 21.7. The first-order valence-electron chi connectivity index (χ1n) is 6.03. The third-order valence-electron chi connectivity index (χ3n) is 3.37. The number of hydrogen-bond acceptors (Lipinski definition) is 4. The summed E-state index contributed by atoms with van der Waals surface area (Å²) in [5, 5.41) is 6.94. The minimum atomic E-state index is 0.676. The number of nitrogens with one attached hydrogen (secondary N) is 1. The van der Waals surface area contributed by atoms with Gasteiger partial charge in [-0.15, -0.1) is 11.3 Å². The summed E-state index contributed by atoms with van der Waals surface area (Å²) >= 11 is 5.30. The highest BCUT2D eigenvalue weighted by Crippen LogP contribution is 2.27. The summed E-state index contributed by atoms with van der Waals surface area (Å²) in [6, 6.07) is 2.86. The van der Waals surface area contributed by atoms with Crippen LogP contribution >= 0.6 is 27.3 Å². The van der Waals surface area contributed by atoms with Crippen LogP contribution in [0.4, 0.5) is 5.00 Å². The average molecular weight is 318 g/mol. The summed E-state index contributed by atoms with van der Waals surface area (Å²) in [5.74, 6) is 0. The fourth-order valence-corrected chi connectivity index (χ4v) is 3.56. The summed E-state index contributed by atoms with van der Waals surface area (Å²) in [5.41, 5.74) is 0. The molecule has 0 aliphatic carbocycles. The molecule has 1 N–H and O–H groups in total. The molecule has 1 atom stereocenters. The van der Waals surface area contributed by atoms with Crippen molar-refractivity contribution in [3.63, 3.8) is 0 Å². The number of thiophene rings is 1. The molecule has 1 aliphatic rings. The molecule has 1 aromatic heterocycles. The molecule has 0 radical (unpaired) electrons. The lowest BCUT2D eigenvalue weighted by Gasteiger charge is -2.34. The van der Waals surface area contributed by atoms with Gasteiger partial charge in [-0.1, -0.05) is 0 Å². The van der Waals surface area contributed by atoms with Crippen LogP contribution in [-0.2, 0) is 0 Å². The fraction of sp³-hybridized carbons (Fsp3) is 0.667. The Labute approximate surface area is 116 Å². The predicted octanol–water partition coefficient (Wildman–Crippen LogP) is 2.24. The number of anilines is 1. The second kappa shape index (κ2) is 6.18. The Morgan fingerprint density at radius 2 is 2.47 bits per heavy atom. The van der Waals surface area contributed by atoms with Crippen molar-refractivity contribution < 1.29 is 0 Å². The number of halogens is 1. The van der Waals surface area contributed by atoms with E-state index in [9.17, 15) is 0 Å². The van der Waals surface area contributed by atoms with Crippen molar-refractivity contribution in [2.45, 2.75) is 12.5 Å². The van der Waals surface area contributed by atoms with E-state index in [0.29, 0.717) is 6.04 Å². The van der Waals surface area contributed by atoms with Gasteiger partial charge >= 0.3 is 0 Å². The Kier molecular flexibility index (Phi) is 4.85. The van der Waals surface area contributed by atoms with Crippen LogP contribution in [0.1, 0.15) is 6.42 Å². The molecule has 1 fully saturated rings. The maximum Gasteiger partial charge on any atom is 0.0917 e. The predicted molar refractivity (Wildman–Crippen MR) is 79.2 cm³/mol. The summed E-state index contributed by atoms with van der Waals surface area (Å²) in [6.45, 7) is 4.53. The topological polar surface area (TPSA) is 18.5 Å². The van der Waals surface area contributed by atoms with Crippen LogP contribution in [0.2, 0.25) is 0 Å². The number of rotatable bonds is 4. The maximum absolute atomic E-state index is 3.50. The molecule has 0 bridgehead atoms. The van der Waals surface area contributed by atoms with Crippen molar-refractivity contribution in [2.24, 2.45) is 0 Å². The Morgan fingerprint density at radius 1 is 1.65 bits per heavy atom. The second-order valence-electron chi connectivity index (χ2n) is 4.65. The second-order valence-corrected chi connectivity index (χ2v) is 6.46. The van der Waals surface area contributed by atoms with Gasteiger partial charge in [0, 0.05) is 49.1 Å². The van der Waals surface area contributed by atoms with Crippen LogP contribution in [0.25, 0.3) is 0 Å². The molecule has 17 heavy (non-hydrogen) atoms. The summed E-state index contributed by atoms with van der Waals surface area (Å²) in [6.07, 6.45) is 1.22. The highest BCUT2D eigenvalue weighted by molar-refractivity contribution is 9.10. The van der Waals surface area contributed by atoms with Crippen LogP contribution in [0, 0.1) is 0 Å². The zero-order chi connectivity index (χ0) is 12.3. The molecule has 3 nitrogen and oxygen atoms in total. The monoisotopic (exact) mass is 317 g/mol. The van der Waals surface area contributed by atoms with Gasteiger partial charge in [-0.3, -0.25) is 0 Å². The smallest absolute Gasteiger partial charge is 0.0917 e. The molecule has 0 amide bonds. The first-order valence-corrected chi connectivity index (χ1v) is 7.70. The molecule has 0 saturated carbocycles. The van der Waals surface area contributed by atoms with Gasteiger partial charge in [0.15, 0.2) is 0 Å². The van der Waals surface area contributed by atoms with Crippen molar-refractivity contribution in [3.8, 4) is 0 Å². The number of likely N-dealkylation sites (N-methyl/N-ethyl adjacent to an activating group) is 1. The molecular weight excluding hydrogens is 298 g/mol. The molecule has 1 aliphatic heterocycles. The third kappa shape index (κ3) is 3.68. The number of nitrogens with zero attached hydrogens (tertiary/aromatic N) is 2. The number of hydrogen-bond donors (Lipinski definition) is 1. The Bertz CT molecular complexity index is 355. The zero-order valence-electron chi connectivity index (χ0n) is 10.4. The van der Waals surface area contributed by atoms with Gasteiger partial charge < -0.3 is 15.1 Å². The molecule has 2 rings (SSSR count). The zero-order valence-corrected chi connectivity index (χ0v) is 12.9. The van der Waals surface area contributed by atoms with Crippen LogP contribution in [0.5, 0.6) is 0 Å². The van der Waals surface area contributed by atoms with E-state index in [1.807, 2.05) is 0 Å². The van der Waals surface area contributed by atoms with Gasteiger partial charge in [0.25, 0.3) is 0 Å². The molecule has 1 saturated heterocycles. The van der Waals surface area contributed by atoms with E-state index in [0.717, 1.165) is 19.6 Å². The van der Waals surface area contributed by atoms with Crippen molar-refractivity contribution in [1.82, 2.24) is 10.2 Å². The first-order chi connectivity index (χ1) is 8.16. The third-order valence-corrected chi connectivity index (χ3v) is 5.18. The highest BCUT2D eigenvalue weighted by Gasteiger charge is 2.18. The molecule has 2 heterocycles. The van der Waals surface area contributed by atoms with E-state index >= 15 is 0 Å². The minimum absolute atomic E-state index is 0.676. The van der Waals surface area contributed by atoms with Gasteiger partial charge in [0.1, 0.15) is 0 Å². The van der Waals surface area contributed by atoms with Gasteiger partial charge in [-0.05, 0) is 35.5 Å². The van der Waals surface area contributed by atoms with E-state index in [4.69, 9.17) is 0 Å². The Balaban J connectivity index is 1.81. The van der Waals surface area contributed by atoms with Gasteiger partial charge in [0.2, 0.25) is 0 Å². The van der Waals surface area contributed by atoms with E-state index in [1.165, 1.54) is 22.4 Å². The Morgan fingerprint density at radius 3 is 3.12 bits per heavy atom. The highest BCUT2D eigenvalue weighted by atomic mass is 79.9. The molecule has 1 aromatic rings. The van der Waals surface area contributed by atoms with Crippen LogP contribution in [0.15, 0.2) is 15.9 Å². The van der Waals surface area contributed by atoms with Crippen LogP contribution in [0.3, 0.4) is 0 Å². The summed E-state index contributed by atoms with van der Waals surface area (Å²) in [7, 11) is 4.40. The molecule has 96 valence electrons. The Hall–Kier alpha value is -0.100. The summed E-state index contributed by atoms with van der Waals surface area (Å²) < 4.78 is 1.18. The van der Waals surface area contributed by atoms with E-state index in [-0.39, 0.29) is 0 Å². The standard InChI is InChI=1S/C12H20BrN3S/c1-15-6-4-14-8-11(15)3-5-16(2)12-7-10(13)9-17-12/h7,9,11,14H,3-6,8H2,1-2H3. The van der Waals surface area contributed by atoms with Crippen molar-refractivity contribution in [2.75, 3.05) is 45.2 Å². The molecule has 1 unspecified atom stereocenters. The quantitative estimate of drug-likeness (QED) is 0.918. The summed E-state index contributed by atoms with van der Waals surface area (Å²) in [4.78, 5) is 4.81. The number of piperazine rings is 1. The van der Waals surface area contributed by atoms with Gasteiger partial charge in [0.05, 0.1) is 5.00 Å². The van der Waals surface area contributed by atoms with Gasteiger partial charge in [-0.25, -0.2) is 0 Å². The van der Waals surface area contributed by atoms with E-state index in [1.54, 1.807) is 11.3 Å². The lowest BCUT2D eigenvalue weighted by molar-refractivity contribution is 0.192. The molecule has 0 spiro atoms. The first kappa shape index (κ1) is 13.3. The lowest BCUT2D eigenvalue weighted by atomic mass is 10.1. The van der Waals surface area contributed by atoms with Gasteiger partial charge in [-0.2, -0.15) is 0 Å². The van der Waals surface area contributed by atoms with Crippen molar-refractivity contribution in [3.05, 3.63) is 15.9 Å². The SMILES string of the molecule is CN(CCC1CNCCN1C)c1cc(Br)cs1.